The van der Waals surface area contributed by atoms with Crippen LogP contribution in [0.25, 0.3) is 0 Å². The maximum Gasteiger partial charge on any atom is 0.471 e. The summed E-state index contributed by atoms with van der Waals surface area (Å²) < 4.78 is 51.3. The fourth-order valence-corrected chi connectivity index (χ4v) is 3.91. The largest absolute Gasteiger partial charge is 0.494 e. The zero-order valence-electron chi connectivity index (χ0n) is 21.7. The Morgan fingerprint density at radius 2 is 1.60 bits per heavy atom. The Morgan fingerprint density at radius 3 is 2.23 bits per heavy atom. The van der Waals surface area contributed by atoms with E-state index >= 15 is 0 Å². The van der Waals surface area contributed by atoms with Crippen molar-refractivity contribution in [2.75, 3.05) is 19.7 Å². The molecule has 2 amide bonds. The van der Waals surface area contributed by atoms with Crippen LogP contribution in [0, 0.1) is 5.41 Å². The van der Waals surface area contributed by atoms with Gasteiger partial charge in [-0.3, -0.25) is 10.2 Å². The molecule has 8 nitrogen and oxygen atoms in total. The van der Waals surface area contributed by atoms with Crippen molar-refractivity contribution in [1.82, 2.24) is 10.2 Å². The zero-order valence-corrected chi connectivity index (χ0v) is 21.7. The first-order chi connectivity index (χ1) is 19.1. The standard InChI is InChI=1S/C29H31F3N4O4/c30-29(31,32)27(37)36(15-8-16-39-25-14-7-13-23(18-25)26(33)34)19-24(17-21-9-3-1-4-10-21)35-28(38)40-20-22-11-5-2-6-12-22/h1-7,9-14,18,24H,8,15-17,19-20H2,(H3,33,34)(H,35,38)/t24-/m0/s1. The van der Waals surface area contributed by atoms with E-state index in [2.05, 4.69) is 5.32 Å². The van der Waals surface area contributed by atoms with Crippen LogP contribution in [0.4, 0.5) is 18.0 Å². The van der Waals surface area contributed by atoms with Gasteiger partial charge in [0.25, 0.3) is 0 Å². The number of nitrogen functional groups attached to an aromatic ring is 1. The van der Waals surface area contributed by atoms with Gasteiger partial charge in [-0.25, -0.2) is 4.79 Å². The van der Waals surface area contributed by atoms with Crippen LogP contribution in [-0.4, -0.2) is 54.7 Å². The number of ether oxygens (including phenoxy) is 2. The summed E-state index contributed by atoms with van der Waals surface area (Å²) in [5, 5.41) is 10.1. The Labute approximate surface area is 230 Å². The molecule has 0 radical (unpaired) electrons. The first-order valence-corrected chi connectivity index (χ1v) is 12.6. The first-order valence-electron chi connectivity index (χ1n) is 12.6. The number of rotatable bonds is 13. The predicted molar refractivity (Wildman–Crippen MR) is 144 cm³/mol. The Balaban J connectivity index is 1.67. The van der Waals surface area contributed by atoms with Crippen LogP contribution < -0.4 is 15.8 Å². The van der Waals surface area contributed by atoms with E-state index in [0.29, 0.717) is 16.2 Å². The van der Waals surface area contributed by atoms with Crippen molar-refractivity contribution < 1.29 is 32.2 Å². The first kappa shape index (κ1) is 30.0. The third-order valence-corrected chi connectivity index (χ3v) is 5.82. The summed E-state index contributed by atoms with van der Waals surface area (Å²) in [7, 11) is 0. The molecule has 0 fully saturated rings. The lowest BCUT2D eigenvalue weighted by atomic mass is 10.1. The fraction of sp³-hybridized carbons (Fsp3) is 0.276. The summed E-state index contributed by atoms with van der Waals surface area (Å²) in [6.45, 7) is -0.665. The minimum absolute atomic E-state index is 0.0128. The van der Waals surface area contributed by atoms with E-state index in [1.807, 2.05) is 6.07 Å². The van der Waals surface area contributed by atoms with Gasteiger partial charge in [-0.2, -0.15) is 13.2 Å². The summed E-state index contributed by atoms with van der Waals surface area (Å²) in [5.41, 5.74) is 7.44. The number of benzene rings is 3. The van der Waals surface area contributed by atoms with Crippen LogP contribution in [-0.2, 0) is 22.6 Å². The van der Waals surface area contributed by atoms with Gasteiger partial charge >= 0.3 is 18.2 Å². The number of amides is 2. The Bertz CT molecular complexity index is 1260. The minimum Gasteiger partial charge on any atom is -0.494 e. The van der Waals surface area contributed by atoms with E-state index in [9.17, 15) is 22.8 Å². The number of carbonyl (C=O) groups excluding carboxylic acids is 2. The molecule has 0 saturated carbocycles. The molecule has 0 aliphatic heterocycles. The van der Waals surface area contributed by atoms with E-state index in [1.165, 1.54) is 0 Å². The maximum absolute atomic E-state index is 13.5. The van der Waals surface area contributed by atoms with Gasteiger partial charge in [-0.05, 0) is 36.1 Å². The molecule has 0 bridgehead atoms. The quantitative estimate of drug-likeness (QED) is 0.161. The van der Waals surface area contributed by atoms with Crippen LogP contribution in [0.15, 0.2) is 84.9 Å². The molecule has 0 heterocycles. The Hall–Kier alpha value is -4.54. The van der Waals surface area contributed by atoms with E-state index in [-0.39, 0.29) is 38.4 Å². The minimum atomic E-state index is -5.10. The SMILES string of the molecule is N=C(N)c1cccc(OCCCN(C[C@H](Cc2ccccc2)NC(=O)OCc2ccccc2)C(=O)C(F)(F)F)c1. The Morgan fingerprint density at radius 1 is 0.950 bits per heavy atom. The fourth-order valence-electron chi connectivity index (χ4n) is 3.91. The summed E-state index contributed by atoms with van der Waals surface area (Å²) in [5.74, 6) is -1.76. The van der Waals surface area contributed by atoms with Gasteiger partial charge in [-0.1, -0.05) is 72.8 Å². The molecular formula is C29H31F3N4O4. The molecule has 0 unspecified atom stereocenters. The number of carbonyl (C=O) groups is 2. The highest BCUT2D eigenvalue weighted by Crippen LogP contribution is 2.20. The highest BCUT2D eigenvalue weighted by Gasteiger charge is 2.43. The molecule has 0 aliphatic rings. The summed E-state index contributed by atoms with van der Waals surface area (Å²) >= 11 is 0. The second-order valence-electron chi connectivity index (χ2n) is 8.99. The highest BCUT2D eigenvalue weighted by molar-refractivity contribution is 5.95. The number of alkyl carbamates (subject to hydrolysis) is 1. The lowest BCUT2D eigenvalue weighted by molar-refractivity contribution is -0.185. The summed E-state index contributed by atoms with van der Waals surface area (Å²) in [6.07, 6.45) is -5.64. The molecule has 0 aromatic heterocycles. The normalized spacial score (nSPS) is 11.8. The second-order valence-corrected chi connectivity index (χ2v) is 8.99. The highest BCUT2D eigenvalue weighted by atomic mass is 19.4. The van der Waals surface area contributed by atoms with Crippen LogP contribution in [0.5, 0.6) is 5.75 Å². The molecule has 3 aromatic carbocycles. The average Bonchev–Trinajstić information content (AvgIpc) is 2.94. The molecular weight excluding hydrogens is 525 g/mol. The number of nitrogens with two attached hydrogens (primary N) is 1. The number of amidine groups is 1. The van der Waals surface area contributed by atoms with Crippen LogP contribution >= 0.6 is 0 Å². The van der Waals surface area contributed by atoms with Crippen LogP contribution in [0.3, 0.4) is 0 Å². The summed E-state index contributed by atoms with van der Waals surface area (Å²) in [6, 6.07) is 23.4. The smallest absolute Gasteiger partial charge is 0.471 e. The van der Waals surface area contributed by atoms with Gasteiger partial charge in [0, 0.05) is 18.7 Å². The van der Waals surface area contributed by atoms with E-state index in [0.717, 1.165) is 11.1 Å². The molecule has 3 rings (SSSR count). The number of nitrogens with one attached hydrogen (secondary N) is 2. The monoisotopic (exact) mass is 556 g/mol. The van der Waals surface area contributed by atoms with Gasteiger partial charge in [-0.15, -0.1) is 0 Å². The molecule has 212 valence electrons. The number of halogens is 3. The van der Waals surface area contributed by atoms with Crippen LogP contribution in [0.2, 0.25) is 0 Å². The number of hydrogen-bond donors (Lipinski definition) is 3. The Kier molecular flexibility index (Phi) is 10.9. The van der Waals surface area contributed by atoms with Gasteiger partial charge < -0.3 is 25.4 Å². The van der Waals surface area contributed by atoms with Crippen molar-refractivity contribution in [2.45, 2.75) is 31.7 Å². The zero-order chi connectivity index (χ0) is 29.0. The number of hydrogen-bond acceptors (Lipinski definition) is 5. The summed E-state index contributed by atoms with van der Waals surface area (Å²) in [4.78, 5) is 25.5. The molecule has 0 saturated heterocycles. The van der Waals surface area contributed by atoms with Crippen LogP contribution in [0.1, 0.15) is 23.1 Å². The van der Waals surface area contributed by atoms with Gasteiger partial charge in [0.15, 0.2) is 0 Å². The molecule has 3 aromatic rings. The molecule has 40 heavy (non-hydrogen) atoms. The molecule has 0 aliphatic carbocycles. The van der Waals surface area contributed by atoms with E-state index in [4.69, 9.17) is 20.6 Å². The van der Waals surface area contributed by atoms with Crippen molar-refractivity contribution in [1.29, 1.82) is 5.41 Å². The third kappa shape index (κ3) is 9.97. The van der Waals surface area contributed by atoms with Crippen molar-refractivity contribution in [3.05, 3.63) is 102 Å². The van der Waals surface area contributed by atoms with E-state index in [1.54, 1.807) is 78.9 Å². The lowest BCUT2D eigenvalue weighted by Crippen LogP contribution is -2.50. The maximum atomic E-state index is 13.5. The average molecular weight is 557 g/mol. The van der Waals surface area contributed by atoms with Gasteiger partial charge in [0.1, 0.15) is 18.2 Å². The van der Waals surface area contributed by atoms with Gasteiger partial charge in [0.2, 0.25) is 0 Å². The molecule has 1 atom stereocenters. The predicted octanol–water partition coefficient (Wildman–Crippen LogP) is 4.67. The number of nitrogens with zero attached hydrogens (tertiary/aromatic N) is 1. The molecule has 4 N–H and O–H groups in total. The van der Waals surface area contributed by atoms with Crippen molar-refractivity contribution >= 4 is 17.8 Å². The second kappa shape index (κ2) is 14.6. The molecule has 11 heteroatoms. The van der Waals surface area contributed by atoms with Crippen molar-refractivity contribution in [2.24, 2.45) is 5.73 Å². The number of alkyl halides is 3. The van der Waals surface area contributed by atoms with Crippen molar-refractivity contribution in [3.8, 4) is 5.75 Å². The van der Waals surface area contributed by atoms with E-state index < -0.39 is 30.8 Å². The molecule has 0 spiro atoms. The third-order valence-electron chi connectivity index (χ3n) is 5.82. The van der Waals surface area contributed by atoms with Crippen molar-refractivity contribution in [3.63, 3.8) is 0 Å². The lowest BCUT2D eigenvalue weighted by Gasteiger charge is -2.29. The van der Waals surface area contributed by atoms with Gasteiger partial charge in [0.05, 0.1) is 12.6 Å². The topological polar surface area (TPSA) is 118 Å².